The Morgan fingerprint density at radius 2 is 1.92 bits per heavy atom. The zero-order valence-corrected chi connectivity index (χ0v) is 15.4. The Labute approximate surface area is 168 Å². The van der Waals surface area contributed by atoms with Gasteiger partial charge in [0.25, 0.3) is 0 Å². The molecule has 2 heterocycles. The van der Waals surface area contributed by atoms with E-state index < -0.39 is 12.7 Å². The average molecular weight is 366 g/mol. The van der Waals surface area contributed by atoms with Gasteiger partial charge in [-0.2, -0.15) is 0 Å². The van der Waals surface area contributed by atoms with Crippen LogP contribution < -0.4 is 0 Å². The molecule has 1 aliphatic carbocycles. The van der Waals surface area contributed by atoms with Crippen LogP contribution >= 0.6 is 11.3 Å². The van der Waals surface area contributed by atoms with Crippen molar-refractivity contribution in [3.05, 3.63) is 77.3 Å². The van der Waals surface area contributed by atoms with Crippen molar-refractivity contribution in [2.45, 2.75) is 44.8 Å². The Kier molecular flexibility index (Phi) is 3.54. The van der Waals surface area contributed by atoms with Gasteiger partial charge in [-0.15, -0.1) is 11.3 Å². The predicted molar refractivity (Wildman–Crippen MR) is 113 cm³/mol. The highest BCUT2D eigenvalue weighted by molar-refractivity contribution is 7.16. The smallest absolute Gasteiger partial charge is 0.0710 e. The van der Waals surface area contributed by atoms with Crippen molar-refractivity contribution in [1.29, 1.82) is 0 Å². The minimum atomic E-state index is -2.48. The van der Waals surface area contributed by atoms with Crippen LogP contribution in [0.25, 0.3) is 21.3 Å². The van der Waals surface area contributed by atoms with Crippen molar-refractivity contribution in [2.24, 2.45) is 0 Å². The molecule has 1 aromatic carbocycles. The first kappa shape index (κ1) is 11.5. The summed E-state index contributed by atoms with van der Waals surface area (Å²) < 4.78 is 49.4. The lowest BCUT2D eigenvalue weighted by atomic mass is 9.84. The molecule has 1 saturated carbocycles. The Balaban J connectivity index is 1.91. The van der Waals surface area contributed by atoms with Gasteiger partial charge in [-0.3, -0.25) is 4.98 Å². The summed E-state index contributed by atoms with van der Waals surface area (Å²) in [5.74, 6) is -0.603. The highest BCUT2D eigenvalue weighted by Crippen LogP contribution is 2.37. The molecule has 0 amide bonds. The van der Waals surface area contributed by atoms with Gasteiger partial charge in [0.2, 0.25) is 0 Å². The SMILES string of the molecule is [2H]c1c(C([2H])([2H])[2H])cnc(-c2ccccc3cccc(C4([2H])CCCCC4)c3sc2)c1[2H]. The van der Waals surface area contributed by atoms with E-state index in [1.54, 1.807) is 0 Å². The summed E-state index contributed by atoms with van der Waals surface area (Å²) in [6, 6.07) is 13.2. The molecule has 132 valence electrons. The van der Waals surface area contributed by atoms with Crippen molar-refractivity contribution in [3.63, 3.8) is 0 Å². The molecule has 0 N–H and O–H groups in total. The molecule has 0 atom stereocenters. The summed E-state index contributed by atoms with van der Waals surface area (Å²) in [4.78, 5) is 4.25. The molecule has 0 bridgehead atoms. The molecule has 0 radical (unpaired) electrons. The van der Waals surface area contributed by atoms with E-state index in [1.165, 1.54) is 24.0 Å². The number of aryl methyl sites for hydroxylation is 1. The molecule has 0 aliphatic heterocycles. The molecule has 0 saturated heterocycles. The standard InChI is InChI=1S/C24H25NS/c1-18-14-15-23(25-16-18)21-11-6-5-10-20-12-7-13-22(24(20)26-17-21)19-8-3-2-4-9-19/h5-7,10-17,19H,2-4,8-9H2,1H3/i1D3,14D,15D,19D. The lowest BCUT2D eigenvalue weighted by Gasteiger charge is -2.22. The number of fused-ring (bicyclic) bond motifs is 1. The molecule has 26 heavy (non-hydrogen) atoms. The monoisotopic (exact) mass is 365 g/mol. The van der Waals surface area contributed by atoms with Crippen molar-refractivity contribution in [3.8, 4) is 11.3 Å². The summed E-state index contributed by atoms with van der Waals surface area (Å²) >= 11 is 1.50. The number of pyridine rings is 1. The third kappa shape index (κ3) is 3.81. The fraction of sp³-hybridized carbons (Fsp3) is 0.292. The minimum Gasteiger partial charge on any atom is -0.256 e. The van der Waals surface area contributed by atoms with E-state index in [-0.39, 0.29) is 23.3 Å². The molecule has 3 aromatic rings. The molecule has 2 aromatic heterocycles. The Bertz CT molecular complexity index is 1190. The summed E-state index contributed by atoms with van der Waals surface area (Å²) in [5, 5.41) is 2.94. The second kappa shape index (κ2) is 8.01. The first-order valence-electron chi connectivity index (χ1n) is 12.0. The number of benzene rings is 1. The van der Waals surface area contributed by atoms with Gasteiger partial charge in [-0.1, -0.05) is 67.8 Å². The van der Waals surface area contributed by atoms with Crippen molar-refractivity contribution in [1.82, 2.24) is 4.98 Å². The van der Waals surface area contributed by atoms with Crippen LogP contribution in [0.15, 0.2) is 66.1 Å². The van der Waals surface area contributed by atoms with Gasteiger partial charge in [0.05, 0.1) is 8.44 Å². The minimum absolute atomic E-state index is 0.198. The fourth-order valence-corrected chi connectivity index (χ4v) is 4.47. The van der Waals surface area contributed by atoms with Crippen molar-refractivity contribution >= 4 is 21.4 Å². The lowest BCUT2D eigenvalue weighted by molar-refractivity contribution is 0.446. The molecule has 0 spiro atoms. The quantitative estimate of drug-likeness (QED) is 0.460. The summed E-state index contributed by atoms with van der Waals surface area (Å²) in [5.41, 5.74) is 1.73. The summed E-state index contributed by atoms with van der Waals surface area (Å²) in [6.07, 6.45) is 6.18. The maximum absolute atomic E-state index is 9.15. The highest BCUT2D eigenvalue weighted by atomic mass is 32.1. The second-order valence-corrected chi connectivity index (χ2v) is 7.45. The Morgan fingerprint density at radius 1 is 1.08 bits per heavy atom. The van der Waals surface area contributed by atoms with Crippen LogP contribution in [-0.2, 0) is 0 Å². The van der Waals surface area contributed by atoms with Crippen LogP contribution in [0, 0.1) is 6.85 Å². The van der Waals surface area contributed by atoms with Gasteiger partial charge in [-0.05, 0) is 48.1 Å². The molecule has 4 rings (SSSR count). The number of hydrogen-bond donors (Lipinski definition) is 0. The van der Waals surface area contributed by atoms with E-state index >= 15 is 0 Å². The number of nitrogens with zero attached hydrogens (tertiary/aromatic N) is 1. The zero-order chi connectivity index (χ0) is 22.9. The van der Waals surface area contributed by atoms with Crippen LogP contribution in [0.5, 0.6) is 0 Å². The second-order valence-electron chi connectivity index (χ2n) is 6.57. The molecule has 1 aliphatic rings. The molecule has 1 nitrogen and oxygen atoms in total. The van der Waals surface area contributed by atoms with Gasteiger partial charge in [0, 0.05) is 27.3 Å². The van der Waals surface area contributed by atoms with E-state index in [4.69, 9.17) is 8.22 Å². The van der Waals surface area contributed by atoms with Crippen LogP contribution in [0.1, 0.15) is 57.3 Å². The van der Waals surface area contributed by atoms with Gasteiger partial charge >= 0.3 is 0 Å². The third-order valence-electron chi connectivity index (χ3n) is 4.76. The van der Waals surface area contributed by atoms with E-state index in [9.17, 15) is 0 Å². The largest absolute Gasteiger partial charge is 0.256 e. The van der Waals surface area contributed by atoms with E-state index in [2.05, 4.69) is 11.1 Å². The number of rotatable bonds is 2. The van der Waals surface area contributed by atoms with E-state index in [0.29, 0.717) is 5.56 Å². The van der Waals surface area contributed by atoms with Crippen LogP contribution in [-0.4, -0.2) is 4.98 Å². The van der Waals surface area contributed by atoms with Crippen LogP contribution in [0.4, 0.5) is 0 Å². The summed E-state index contributed by atoms with van der Waals surface area (Å²) in [7, 11) is 0. The predicted octanol–water partition coefficient (Wildman–Crippen LogP) is 7.44. The topological polar surface area (TPSA) is 12.9 Å². The van der Waals surface area contributed by atoms with E-state index in [1.807, 2.05) is 41.8 Å². The maximum atomic E-state index is 9.15. The number of aromatic nitrogens is 1. The molecule has 0 unspecified atom stereocenters. The Hall–Kier alpha value is -2.19. The van der Waals surface area contributed by atoms with Gasteiger partial charge in [0.1, 0.15) is 0 Å². The highest BCUT2D eigenvalue weighted by Gasteiger charge is 2.17. The van der Waals surface area contributed by atoms with Crippen LogP contribution in [0.3, 0.4) is 0 Å². The molecule has 1 fully saturated rings. The zero-order valence-electron chi connectivity index (χ0n) is 20.6. The maximum Gasteiger partial charge on any atom is 0.0710 e. The van der Waals surface area contributed by atoms with Crippen molar-refractivity contribution < 1.29 is 8.22 Å². The Morgan fingerprint density at radius 3 is 2.81 bits per heavy atom. The third-order valence-corrected chi connectivity index (χ3v) is 5.82. The fourth-order valence-electron chi connectivity index (χ4n) is 3.43. The molecular weight excluding hydrogens is 334 g/mol. The first-order valence-corrected chi connectivity index (χ1v) is 9.91. The van der Waals surface area contributed by atoms with E-state index in [0.717, 1.165) is 41.3 Å². The van der Waals surface area contributed by atoms with Gasteiger partial charge in [-0.25, -0.2) is 0 Å². The molecular formula is C24H25NS. The van der Waals surface area contributed by atoms with Crippen LogP contribution in [0.2, 0.25) is 0 Å². The molecule has 2 heteroatoms. The van der Waals surface area contributed by atoms with Gasteiger partial charge < -0.3 is 0 Å². The summed E-state index contributed by atoms with van der Waals surface area (Å²) in [6.45, 7) is -2.48. The lowest BCUT2D eigenvalue weighted by Crippen LogP contribution is -2.04. The first-order chi connectivity index (χ1) is 15.2. The van der Waals surface area contributed by atoms with Gasteiger partial charge in [0.15, 0.2) is 0 Å². The number of hydrogen-bond acceptors (Lipinski definition) is 2. The average Bonchev–Trinajstić information content (AvgIpc) is 2.85. The van der Waals surface area contributed by atoms with Crippen molar-refractivity contribution in [2.75, 3.05) is 0 Å². The normalized spacial score (nSPS) is 20.0.